The number of rotatable bonds is 0. The molecule has 0 aromatic heterocycles. The zero-order chi connectivity index (χ0) is 4.50. The minimum atomic E-state index is -4.64. The maximum Gasteiger partial charge on any atom is 1.00 e. The molecule has 0 spiro atoms. The van der Waals surface area contributed by atoms with Gasteiger partial charge in [-0.2, -0.15) is 0 Å². The topological polar surface area (TPSA) is 113 Å². The van der Waals surface area contributed by atoms with E-state index in [0.717, 1.165) is 0 Å². The van der Waals surface area contributed by atoms with Gasteiger partial charge in [-0.1, -0.05) is 0 Å². The summed E-state index contributed by atoms with van der Waals surface area (Å²) in [6.45, 7) is 0. The predicted molar refractivity (Wildman–Crippen MR) is 20.4 cm³/mol. The molecule has 0 saturated carbocycles. The molecule has 0 aliphatic rings. The third-order valence-corrected chi connectivity index (χ3v) is 0. The third-order valence-electron chi connectivity index (χ3n) is 0. The molecule has 8 heavy (non-hydrogen) atoms. The Hall–Kier alpha value is 1.59. The molecule has 5 nitrogen and oxygen atoms in total. The van der Waals surface area contributed by atoms with Crippen LogP contribution < -0.4 is 35.7 Å². The van der Waals surface area contributed by atoms with Crippen molar-refractivity contribution in [1.82, 2.24) is 6.15 Å². The van der Waals surface area contributed by atoms with Crippen molar-refractivity contribution in [1.29, 1.82) is 0 Å². The molecule has 8 heteroatoms. The van der Waals surface area contributed by atoms with Crippen LogP contribution in [0.1, 0.15) is 1.43 Å². The minimum Gasteiger partial charge on any atom is -1.00 e. The van der Waals surface area contributed by atoms with Crippen LogP contribution in [0.3, 0.4) is 0 Å². The van der Waals surface area contributed by atoms with Crippen LogP contribution in [0.4, 0.5) is 0 Å². The van der Waals surface area contributed by atoms with E-state index < -0.39 is 7.82 Å². The van der Waals surface area contributed by atoms with Crippen LogP contribution in [0.5, 0.6) is 0 Å². The number of hydrogen-bond donors (Lipinski definition) is 4. The molecule has 0 rings (SSSR count). The van der Waals surface area contributed by atoms with E-state index in [0.29, 0.717) is 0 Å². The van der Waals surface area contributed by atoms with E-state index in [1.807, 2.05) is 0 Å². The Balaban J connectivity index is -0.0000000133. The maximum absolute atomic E-state index is 8.88. The van der Waals surface area contributed by atoms with E-state index in [1.165, 1.54) is 0 Å². The summed E-state index contributed by atoms with van der Waals surface area (Å²) in [7, 11) is -4.64. The van der Waals surface area contributed by atoms with E-state index >= 15 is 0 Å². The van der Waals surface area contributed by atoms with Crippen molar-refractivity contribution in [3.63, 3.8) is 0 Å². The van der Waals surface area contributed by atoms with E-state index in [4.69, 9.17) is 19.2 Å². The third kappa shape index (κ3) is 130. The molecule has 0 aromatic carbocycles. The van der Waals surface area contributed by atoms with Crippen molar-refractivity contribution in [2.24, 2.45) is 0 Å². The predicted octanol–water partition coefficient (Wildman–Crippen LogP) is -3.65. The molecule has 0 radical (unpaired) electrons. The Morgan fingerprint density at radius 2 is 1.25 bits per heavy atom. The van der Waals surface area contributed by atoms with Gasteiger partial charge >= 0.3 is 37.4 Å². The van der Waals surface area contributed by atoms with Crippen LogP contribution in [-0.4, -0.2) is 14.7 Å². The molecule has 0 saturated heterocycles. The number of phosphoric acid groups is 1. The Morgan fingerprint density at radius 3 is 1.25 bits per heavy atom. The standard InChI is InChI=1S/Fe.H3N.Na.H3O4P.H/c;;;1-5(2,3)4;/h;1H3;;(H3,1,2,3,4);/q;;+1;;-1. The number of hydrogen-bond acceptors (Lipinski definition) is 2. The van der Waals surface area contributed by atoms with Gasteiger partial charge in [0.1, 0.15) is 0 Å². The SMILES string of the molecule is N.O=P(O)(O)O.[Fe].[H-].[Na+]. The largest absolute Gasteiger partial charge is 1.00 e. The monoisotopic (exact) mass is 195 g/mol. The Kier molecular flexibility index (Phi) is 24.3. The van der Waals surface area contributed by atoms with Gasteiger partial charge in [-0.3, -0.25) is 0 Å². The maximum atomic E-state index is 8.88. The quantitative estimate of drug-likeness (QED) is 0.235. The van der Waals surface area contributed by atoms with Gasteiger partial charge < -0.3 is 22.3 Å². The smallest absolute Gasteiger partial charge is 1.00 e. The van der Waals surface area contributed by atoms with E-state index in [1.54, 1.807) is 0 Å². The Morgan fingerprint density at radius 1 is 1.25 bits per heavy atom. The summed E-state index contributed by atoms with van der Waals surface area (Å²) in [6, 6.07) is 0. The fourth-order valence-corrected chi connectivity index (χ4v) is 0. The average molecular weight is 195 g/mol. The van der Waals surface area contributed by atoms with Crippen LogP contribution in [0.15, 0.2) is 0 Å². The Labute approximate surface area is 80.9 Å². The molecule has 0 aliphatic carbocycles. The second kappa shape index (κ2) is 8.59. The van der Waals surface area contributed by atoms with Crippen molar-refractivity contribution in [3.05, 3.63) is 0 Å². The molecule has 0 heterocycles. The molecular weight excluding hydrogens is 188 g/mol. The molecule has 6 N–H and O–H groups in total. The van der Waals surface area contributed by atoms with E-state index in [-0.39, 0.29) is 54.2 Å². The zero-order valence-corrected chi connectivity index (χ0v) is 8.26. The molecular formula is H7FeNNaO4P. The second-order valence-corrected chi connectivity index (χ2v) is 1.54. The fraction of sp³-hybridized carbons (Fsp3) is 0. The van der Waals surface area contributed by atoms with Crippen LogP contribution in [-0.2, 0) is 21.6 Å². The first-order chi connectivity index (χ1) is 2.00. The summed E-state index contributed by atoms with van der Waals surface area (Å²) in [4.78, 5) is 21.6. The normalized spacial score (nSPS) is 7.38. The molecule has 0 atom stereocenters. The van der Waals surface area contributed by atoms with Crippen LogP contribution in [0, 0.1) is 0 Å². The van der Waals surface area contributed by atoms with Gasteiger partial charge in [-0.25, -0.2) is 4.57 Å². The van der Waals surface area contributed by atoms with E-state index in [9.17, 15) is 0 Å². The zero-order valence-electron chi connectivity index (χ0n) is 5.26. The van der Waals surface area contributed by atoms with Gasteiger partial charge in [0.05, 0.1) is 0 Å². The molecule has 0 unspecified atom stereocenters. The first-order valence-corrected chi connectivity index (χ1v) is 2.35. The summed E-state index contributed by atoms with van der Waals surface area (Å²) < 4.78 is 8.88. The van der Waals surface area contributed by atoms with Gasteiger partial charge in [0.15, 0.2) is 0 Å². The minimum absolute atomic E-state index is 0. The van der Waals surface area contributed by atoms with Gasteiger partial charge in [-0.15, -0.1) is 0 Å². The first kappa shape index (κ1) is 22.6. The van der Waals surface area contributed by atoms with Crippen molar-refractivity contribution < 1.29 is 67.3 Å². The van der Waals surface area contributed by atoms with Crippen LogP contribution in [0.25, 0.3) is 0 Å². The van der Waals surface area contributed by atoms with Crippen molar-refractivity contribution in [3.8, 4) is 0 Å². The van der Waals surface area contributed by atoms with Gasteiger partial charge in [-0.05, 0) is 0 Å². The van der Waals surface area contributed by atoms with Crippen molar-refractivity contribution in [2.45, 2.75) is 0 Å². The molecule has 0 fully saturated rings. The molecule has 50 valence electrons. The average Bonchev–Trinajstić information content (AvgIpc) is 0.722. The summed E-state index contributed by atoms with van der Waals surface area (Å²) in [5.41, 5.74) is 0. The van der Waals surface area contributed by atoms with Gasteiger partial charge in [0.2, 0.25) is 0 Å². The van der Waals surface area contributed by atoms with Crippen LogP contribution >= 0.6 is 7.82 Å². The fourth-order valence-electron chi connectivity index (χ4n) is 0. The molecule has 0 aliphatic heterocycles. The summed E-state index contributed by atoms with van der Waals surface area (Å²) >= 11 is 0. The molecule has 0 bridgehead atoms. The van der Waals surface area contributed by atoms with E-state index in [2.05, 4.69) is 0 Å². The summed E-state index contributed by atoms with van der Waals surface area (Å²) in [6.07, 6.45) is 0. The molecule has 0 amide bonds. The van der Waals surface area contributed by atoms with Crippen molar-refractivity contribution >= 4 is 7.82 Å². The molecule has 0 aromatic rings. The van der Waals surface area contributed by atoms with Gasteiger partial charge in [0.25, 0.3) is 0 Å². The summed E-state index contributed by atoms with van der Waals surface area (Å²) in [5, 5.41) is 0. The van der Waals surface area contributed by atoms with Crippen LogP contribution in [0.2, 0.25) is 0 Å². The first-order valence-electron chi connectivity index (χ1n) is 0.783. The summed E-state index contributed by atoms with van der Waals surface area (Å²) in [5.74, 6) is 0. The second-order valence-electron chi connectivity index (χ2n) is 0.513. The Bertz CT molecular complexity index is 66.7. The van der Waals surface area contributed by atoms with Gasteiger partial charge in [0, 0.05) is 17.1 Å². The van der Waals surface area contributed by atoms with Crippen molar-refractivity contribution in [2.75, 3.05) is 0 Å².